The van der Waals surface area contributed by atoms with Gasteiger partial charge in [0.1, 0.15) is 0 Å². The summed E-state index contributed by atoms with van der Waals surface area (Å²) in [6, 6.07) is -0.344. The molecule has 7 heteroatoms. The number of piperazine rings is 1. The summed E-state index contributed by atoms with van der Waals surface area (Å²) < 4.78 is 0. The van der Waals surface area contributed by atoms with Crippen LogP contribution in [0, 0.1) is 17.8 Å². The Morgan fingerprint density at radius 3 is 2.36 bits per heavy atom. The van der Waals surface area contributed by atoms with E-state index in [1.807, 2.05) is 4.90 Å². The normalized spacial score (nSPS) is 36.8. The minimum Gasteiger partial charge on any atom is -0.354 e. The highest BCUT2D eigenvalue weighted by Crippen LogP contribution is 2.55. The second-order valence-electron chi connectivity index (χ2n) is 8.58. The van der Waals surface area contributed by atoms with E-state index in [2.05, 4.69) is 16.0 Å². The van der Waals surface area contributed by atoms with Gasteiger partial charge in [-0.25, -0.2) is 4.79 Å². The summed E-state index contributed by atoms with van der Waals surface area (Å²) >= 11 is 0. The van der Waals surface area contributed by atoms with E-state index in [1.165, 1.54) is 19.3 Å². The Labute approximate surface area is 148 Å². The van der Waals surface area contributed by atoms with E-state index in [4.69, 9.17) is 0 Å². The Morgan fingerprint density at radius 2 is 1.76 bits per heavy atom. The van der Waals surface area contributed by atoms with Crippen LogP contribution in [0.4, 0.5) is 4.79 Å². The van der Waals surface area contributed by atoms with Gasteiger partial charge in [-0.15, -0.1) is 0 Å². The van der Waals surface area contributed by atoms with E-state index in [0.717, 1.165) is 43.6 Å². The molecule has 0 atom stereocenters. The van der Waals surface area contributed by atoms with Crippen LogP contribution in [-0.2, 0) is 9.59 Å². The molecule has 0 radical (unpaired) electrons. The second-order valence-corrected chi connectivity index (χ2v) is 8.58. The topological polar surface area (TPSA) is 90.5 Å². The number of carbonyl (C=O) groups is 3. The molecule has 4 aliphatic carbocycles. The molecule has 138 valence electrons. The first-order chi connectivity index (χ1) is 12.0. The molecule has 0 spiro atoms. The van der Waals surface area contributed by atoms with Gasteiger partial charge in [0.15, 0.2) is 0 Å². The maximum Gasteiger partial charge on any atom is 0.321 e. The van der Waals surface area contributed by atoms with Crippen molar-refractivity contribution in [2.45, 2.75) is 50.5 Å². The van der Waals surface area contributed by atoms with Gasteiger partial charge < -0.3 is 10.6 Å². The molecule has 0 unspecified atom stereocenters. The van der Waals surface area contributed by atoms with Crippen LogP contribution in [0.1, 0.15) is 44.9 Å². The van der Waals surface area contributed by atoms with Gasteiger partial charge in [-0.3, -0.25) is 19.8 Å². The van der Waals surface area contributed by atoms with E-state index in [0.29, 0.717) is 19.6 Å². The van der Waals surface area contributed by atoms with Crippen molar-refractivity contribution in [1.29, 1.82) is 0 Å². The summed E-state index contributed by atoms with van der Waals surface area (Å²) in [5, 5.41) is 8.40. The number of imide groups is 1. The molecular weight excluding hydrogens is 320 g/mol. The molecule has 0 aromatic carbocycles. The minimum absolute atomic E-state index is 0.00813. The maximum atomic E-state index is 12.3. The fourth-order valence-electron chi connectivity index (χ4n) is 5.87. The van der Waals surface area contributed by atoms with Crippen molar-refractivity contribution in [3.63, 3.8) is 0 Å². The van der Waals surface area contributed by atoms with Gasteiger partial charge in [0, 0.05) is 31.6 Å². The molecule has 5 aliphatic rings. The van der Waals surface area contributed by atoms with Gasteiger partial charge in [0.25, 0.3) is 0 Å². The van der Waals surface area contributed by atoms with Gasteiger partial charge in [-0.05, 0) is 56.3 Å². The van der Waals surface area contributed by atoms with Crippen molar-refractivity contribution in [2.24, 2.45) is 17.8 Å². The predicted molar refractivity (Wildman–Crippen MR) is 91.6 cm³/mol. The molecule has 1 heterocycles. The van der Waals surface area contributed by atoms with Crippen molar-refractivity contribution in [1.82, 2.24) is 20.9 Å². The summed E-state index contributed by atoms with van der Waals surface area (Å²) in [5.41, 5.74) is -0.0793. The Hall–Kier alpha value is -1.63. The number of amides is 4. The van der Waals surface area contributed by atoms with Crippen LogP contribution in [0.25, 0.3) is 0 Å². The second kappa shape index (κ2) is 6.59. The zero-order valence-electron chi connectivity index (χ0n) is 14.7. The average Bonchev–Trinajstić information content (AvgIpc) is 2.51. The van der Waals surface area contributed by atoms with E-state index < -0.39 is 0 Å². The van der Waals surface area contributed by atoms with Crippen molar-refractivity contribution >= 4 is 17.8 Å². The number of hydrogen-bond donors (Lipinski definition) is 3. The molecule has 1 aliphatic heterocycles. The Kier molecular flexibility index (Phi) is 4.43. The highest BCUT2D eigenvalue weighted by molar-refractivity contribution is 5.94. The lowest BCUT2D eigenvalue weighted by molar-refractivity contribution is -0.125. The van der Waals surface area contributed by atoms with Gasteiger partial charge in [0.2, 0.25) is 11.8 Å². The van der Waals surface area contributed by atoms with Gasteiger partial charge in [-0.2, -0.15) is 0 Å². The lowest BCUT2D eigenvalue weighted by Gasteiger charge is -2.56. The zero-order chi connectivity index (χ0) is 17.4. The predicted octanol–water partition coefficient (Wildman–Crippen LogP) is 0.603. The molecule has 5 rings (SSSR count). The van der Waals surface area contributed by atoms with Crippen molar-refractivity contribution in [2.75, 3.05) is 26.2 Å². The third kappa shape index (κ3) is 3.81. The number of carbonyl (C=O) groups excluding carboxylic acids is 3. The minimum atomic E-state index is -0.344. The van der Waals surface area contributed by atoms with Crippen LogP contribution in [-0.4, -0.2) is 54.5 Å². The summed E-state index contributed by atoms with van der Waals surface area (Å²) in [6.07, 6.45) is 7.43. The first-order valence-corrected chi connectivity index (χ1v) is 9.61. The fourth-order valence-corrected chi connectivity index (χ4v) is 5.87. The molecule has 1 saturated heterocycles. The summed E-state index contributed by atoms with van der Waals surface area (Å²) in [6.45, 7) is 2.20. The summed E-state index contributed by atoms with van der Waals surface area (Å²) in [7, 11) is 0. The first kappa shape index (κ1) is 16.8. The smallest absolute Gasteiger partial charge is 0.321 e. The number of rotatable bonds is 4. The van der Waals surface area contributed by atoms with Crippen molar-refractivity contribution in [3.05, 3.63) is 0 Å². The van der Waals surface area contributed by atoms with E-state index in [1.54, 1.807) is 0 Å². The van der Waals surface area contributed by atoms with Gasteiger partial charge >= 0.3 is 6.03 Å². The molecule has 4 amide bonds. The van der Waals surface area contributed by atoms with E-state index in [9.17, 15) is 14.4 Å². The van der Waals surface area contributed by atoms with Crippen LogP contribution in [0.5, 0.6) is 0 Å². The highest BCUT2D eigenvalue weighted by atomic mass is 16.2. The standard InChI is InChI=1S/C18H28N4O3/c23-15(1-3-22-4-2-19-16(24)11-22)20-17(25)21-18-8-12-5-13(9-18)7-14(6-12)10-18/h12-14H,1-11H2,(H,19,24)(H2,20,21,23,25). The highest BCUT2D eigenvalue weighted by Gasteiger charge is 2.51. The Balaban J connectivity index is 1.23. The number of hydrogen-bond acceptors (Lipinski definition) is 4. The maximum absolute atomic E-state index is 12.3. The summed E-state index contributed by atoms with van der Waals surface area (Å²) in [4.78, 5) is 37.7. The van der Waals surface area contributed by atoms with Crippen LogP contribution in [0.2, 0.25) is 0 Å². The monoisotopic (exact) mass is 348 g/mol. The third-order valence-corrected chi connectivity index (χ3v) is 6.44. The number of nitrogens with zero attached hydrogens (tertiary/aromatic N) is 1. The van der Waals surface area contributed by atoms with Crippen molar-refractivity contribution in [3.8, 4) is 0 Å². The molecule has 7 nitrogen and oxygen atoms in total. The largest absolute Gasteiger partial charge is 0.354 e. The van der Waals surface area contributed by atoms with E-state index in [-0.39, 0.29) is 29.8 Å². The lowest BCUT2D eigenvalue weighted by Crippen LogP contribution is -2.61. The molecule has 4 bridgehead atoms. The van der Waals surface area contributed by atoms with Crippen LogP contribution < -0.4 is 16.0 Å². The average molecular weight is 348 g/mol. The van der Waals surface area contributed by atoms with Crippen LogP contribution >= 0.6 is 0 Å². The first-order valence-electron chi connectivity index (χ1n) is 9.61. The Morgan fingerprint density at radius 1 is 1.12 bits per heavy atom. The van der Waals surface area contributed by atoms with Gasteiger partial charge in [0.05, 0.1) is 6.54 Å². The van der Waals surface area contributed by atoms with E-state index >= 15 is 0 Å². The summed E-state index contributed by atoms with van der Waals surface area (Å²) in [5.74, 6) is 1.99. The molecular formula is C18H28N4O3. The van der Waals surface area contributed by atoms with Gasteiger partial charge in [-0.1, -0.05) is 0 Å². The van der Waals surface area contributed by atoms with Crippen LogP contribution in [0.15, 0.2) is 0 Å². The molecule has 0 aromatic heterocycles. The Bertz CT molecular complexity index is 541. The molecule has 25 heavy (non-hydrogen) atoms. The zero-order valence-corrected chi connectivity index (χ0v) is 14.7. The number of nitrogens with one attached hydrogen (secondary N) is 3. The quantitative estimate of drug-likeness (QED) is 0.694. The number of urea groups is 1. The molecule has 5 fully saturated rings. The SMILES string of the molecule is O=C1CN(CCC(=O)NC(=O)NC23CC4CC(CC(C4)C2)C3)CCN1. The van der Waals surface area contributed by atoms with Crippen molar-refractivity contribution < 1.29 is 14.4 Å². The molecule has 0 aromatic rings. The molecule has 4 saturated carbocycles. The lowest BCUT2D eigenvalue weighted by atomic mass is 9.53. The molecule has 3 N–H and O–H groups in total. The third-order valence-electron chi connectivity index (χ3n) is 6.44. The van der Waals surface area contributed by atoms with Crippen LogP contribution in [0.3, 0.4) is 0 Å². The fraction of sp³-hybridized carbons (Fsp3) is 0.833.